The molecule has 1 saturated carbocycles. The molecule has 0 spiro atoms. The van der Waals surface area contributed by atoms with Gasteiger partial charge in [-0.25, -0.2) is 4.57 Å². The van der Waals surface area contributed by atoms with Crippen molar-refractivity contribution in [2.24, 2.45) is 7.05 Å². The van der Waals surface area contributed by atoms with Gasteiger partial charge in [-0.15, -0.1) is 0 Å². The molecule has 0 saturated heterocycles. The van der Waals surface area contributed by atoms with E-state index >= 15 is 0 Å². The molecule has 132 valence electrons. The Balaban J connectivity index is 1.68. The Morgan fingerprint density at radius 2 is 1.85 bits per heavy atom. The molecule has 1 aliphatic carbocycles. The number of benzene rings is 1. The maximum absolute atomic E-state index is 8.79. The van der Waals surface area contributed by atoms with Gasteiger partial charge in [0, 0.05) is 30.8 Å². The molecule has 1 fully saturated rings. The van der Waals surface area contributed by atoms with Gasteiger partial charge < -0.3 is 0 Å². The lowest BCUT2D eigenvalue weighted by Gasteiger charge is -2.21. The number of pyridine rings is 2. The highest BCUT2D eigenvalue weighted by Gasteiger charge is 2.17. The molecule has 2 nitrogen and oxygen atoms in total. The SMILES string of the molecule is [2H]C1(c2ccc(-c3cc[n+](C)c(-c4ccccc4C)c3)nc2)CCCCC1. The van der Waals surface area contributed by atoms with Gasteiger partial charge in [0.15, 0.2) is 6.20 Å². The molecule has 2 heteroatoms. The standard InChI is InChI=1S/C24H27N2/c1-18-8-6-7-11-22(18)24-16-20(14-15-26(24)2)23-13-12-21(17-25-23)19-9-4-3-5-10-19/h6-8,11-17,19H,3-5,9-10H2,1-2H3/q+1/i19D. The first-order valence-corrected chi connectivity index (χ1v) is 9.59. The molecule has 0 bridgehead atoms. The van der Waals surface area contributed by atoms with E-state index in [0.29, 0.717) is 0 Å². The molecule has 3 aromatic rings. The molecule has 0 unspecified atom stereocenters. The zero-order valence-electron chi connectivity index (χ0n) is 16.7. The lowest BCUT2D eigenvalue weighted by atomic mass is 9.85. The third kappa shape index (κ3) is 3.41. The quantitative estimate of drug-likeness (QED) is 0.565. The van der Waals surface area contributed by atoms with E-state index in [1.165, 1.54) is 23.2 Å². The number of rotatable bonds is 3. The second kappa shape index (κ2) is 7.41. The lowest BCUT2D eigenvalue weighted by molar-refractivity contribution is -0.660. The molecule has 0 radical (unpaired) electrons. The first-order chi connectivity index (χ1) is 13.1. The summed E-state index contributed by atoms with van der Waals surface area (Å²) < 4.78 is 10.9. The number of nitrogens with zero attached hydrogens (tertiary/aromatic N) is 2. The summed E-state index contributed by atoms with van der Waals surface area (Å²) in [6.07, 6.45) is 9.49. The monoisotopic (exact) mass is 344 g/mol. The van der Waals surface area contributed by atoms with Gasteiger partial charge in [-0.3, -0.25) is 4.98 Å². The normalized spacial score (nSPS) is 16.9. The topological polar surface area (TPSA) is 16.8 Å². The van der Waals surface area contributed by atoms with Gasteiger partial charge in [-0.05, 0) is 48.9 Å². The molecular formula is C24H27N2+. The van der Waals surface area contributed by atoms with Crippen LogP contribution in [0.3, 0.4) is 0 Å². The number of aromatic nitrogens is 2. The Morgan fingerprint density at radius 3 is 2.58 bits per heavy atom. The molecule has 26 heavy (non-hydrogen) atoms. The summed E-state index contributed by atoms with van der Waals surface area (Å²) in [6.45, 7) is 2.15. The Morgan fingerprint density at radius 1 is 1.04 bits per heavy atom. The number of hydrogen-bond acceptors (Lipinski definition) is 1. The summed E-state index contributed by atoms with van der Waals surface area (Å²) in [6, 6.07) is 17.0. The summed E-state index contributed by atoms with van der Waals surface area (Å²) in [5.74, 6) is -0.445. The van der Waals surface area contributed by atoms with Gasteiger partial charge in [0.25, 0.3) is 0 Å². The van der Waals surface area contributed by atoms with Crippen LogP contribution in [-0.4, -0.2) is 4.98 Å². The van der Waals surface area contributed by atoms with Crippen molar-refractivity contribution in [1.82, 2.24) is 4.98 Å². The van der Waals surface area contributed by atoms with Crippen molar-refractivity contribution in [1.29, 1.82) is 0 Å². The molecule has 2 heterocycles. The van der Waals surface area contributed by atoms with Gasteiger partial charge in [0.05, 0.1) is 5.69 Å². The largest absolute Gasteiger partial charge is 0.256 e. The van der Waals surface area contributed by atoms with Gasteiger partial charge >= 0.3 is 0 Å². The zero-order valence-corrected chi connectivity index (χ0v) is 15.7. The molecular weight excluding hydrogens is 316 g/mol. The first-order valence-electron chi connectivity index (χ1n) is 10.1. The molecule has 1 aliphatic rings. The smallest absolute Gasteiger partial charge is 0.213 e. The van der Waals surface area contributed by atoms with Crippen LogP contribution in [0.2, 0.25) is 0 Å². The van der Waals surface area contributed by atoms with E-state index in [1.54, 1.807) is 0 Å². The molecule has 2 aromatic heterocycles. The van der Waals surface area contributed by atoms with Gasteiger partial charge in [0.1, 0.15) is 7.05 Å². The van der Waals surface area contributed by atoms with Crippen molar-refractivity contribution >= 4 is 0 Å². The summed E-state index contributed by atoms with van der Waals surface area (Å²) in [5.41, 5.74) is 6.83. The predicted molar refractivity (Wildman–Crippen MR) is 107 cm³/mol. The van der Waals surface area contributed by atoms with Crippen molar-refractivity contribution in [3.8, 4) is 22.5 Å². The van der Waals surface area contributed by atoms with Crippen molar-refractivity contribution in [2.45, 2.75) is 44.9 Å². The molecule has 0 atom stereocenters. The molecule has 0 N–H and O–H groups in total. The van der Waals surface area contributed by atoms with Crippen molar-refractivity contribution in [3.63, 3.8) is 0 Å². The second-order valence-corrected chi connectivity index (χ2v) is 7.32. The number of aryl methyl sites for hydroxylation is 2. The summed E-state index contributed by atoms with van der Waals surface area (Å²) in [5, 5.41) is 0. The maximum Gasteiger partial charge on any atom is 0.213 e. The molecule has 1 aromatic carbocycles. The van der Waals surface area contributed by atoms with E-state index in [0.717, 1.165) is 42.5 Å². The molecule has 0 amide bonds. The Kier molecular flexibility index (Phi) is 4.49. The molecule has 0 aliphatic heterocycles. The highest BCUT2D eigenvalue weighted by atomic mass is 14.9. The lowest BCUT2D eigenvalue weighted by Crippen LogP contribution is -2.30. The van der Waals surface area contributed by atoms with Gasteiger partial charge in [-0.2, -0.15) is 0 Å². The van der Waals surface area contributed by atoms with Crippen LogP contribution in [0.25, 0.3) is 22.5 Å². The zero-order chi connectivity index (χ0) is 18.9. The highest BCUT2D eigenvalue weighted by Crippen LogP contribution is 2.33. The van der Waals surface area contributed by atoms with Gasteiger partial charge in [-0.1, -0.05) is 43.5 Å². The van der Waals surface area contributed by atoms with Crippen molar-refractivity contribution in [3.05, 3.63) is 72.1 Å². The van der Waals surface area contributed by atoms with E-state index < -0.39 is 5.89 Å². The van der Waals surface area contributed by atoms with E-state index in [9.17, 15) is 0 Å². The van der Waals surface area contributed by atoms with E-state index in [1.807, 2.05) is 6.20 Å². The van der Waals surface area contributed by atoms with E-state index in [4.69, 9.17) is 6.35 Å². The maximum atomic E-state index is 8.79. The minimum atomic E-state index is -0.445. The predicted octanol–water partition coefficient (Wildman–Crippen LogP) is 5.60. The highest BCUT2D eigenvalue weighted by molar-refractivity contribution is 5.68. The van der Waals surface area contributed by atoms with Crippen LogP contribution in [-0.2, 0) is 7.05 Å². The summed E-state index contributed by atoms with van der Waals surface area (Å²) >= 11 is 0. The summed E-state index contributed by atoms with van der Waals surface area (Å²) in [7, 11) is 2.08. The van der Waals surface area contributed by atoms with Crippen molar-refractivity contribution in [2.75, 3.05) is 0 Å². The fourth-order valence-corrected chi connectivity index (χ4v) is 3.90. The van der Waals surface area contributed by atoms with Gasteiger partial charge in [0.2, 0.25) is 5.69 Å². The fourth-order valence-electron chi connectivity index (χ4n) is 3.90. The Hall–Kier alpha value is -2.48. The van der Waals surface area contributed by atoms with E-state index in [-0.39, 0.29) is 0 Å². The van der Waals surface area contributed by atoms with Crippen LogP contribution in [0.4, 0.5) is 0 Å². The first kappa shape index (κ1) is 15.7. The summed E-state index contributed by atoms with van der Waals surface area (Å²) in [4.78, 5) is 4.73. The van der Waals surface area contributed by atoms with E-state index in [2.05, 4.69) is 73.3 Å². The second-order valence-electron chi connectivity index (χ2n) is 7.32. The Bertz CT molecular complexity index is 941. The Labute approximate surface area is 158 Å². The third-order valence-electron chi connectivity index (χ3n) is 5.50. The third-order valence-corrected chi connectivity index (χ3v) is 5.50. The average molecular weight is 345 g/mol. The van der Waals surface area contributed by atoms with Crippen LogP contribution in [0.5, 0.6) is 0 Å². The minimum Gasteiger partial charge on any atom is -0.256 e. The van der Waals surface area contributed by atoms with Crippen LogP contribution >= 0.6 is 0 Å². The average Bonchev–Trinajstić information content (AvgIpc) is 2.70. The van der Waals surface area contributed by atoms with Crippen molar-refractivity contribution < 1.29 is 5.94 Å². The fraction of sp³-hybridized carbons (Fsp3) is 0.333. The number of hydrogen-bond donors (Lipinski definition) is 0. The van der Waals surface area contributed by atoms with Crippen LogP contribution in [0.1, 0.15) is 50.5 Å². The molecule has 4 rings (SSSR count). The van der Waals surface area contributed by atoms with Crippen LogP contribution in [0, 0.1) is 6.92 Å². The van der Waals surface area contributed by atoms with Crippen LogP contribution < -0.4 is 4.57 Å². The minimum absolute atomic E-state index is 0.445. The van der Waals surface area contributed by atoms with Crippen LogP contribution in [0.15, 0.2) is 60.9 Å².